The Hall–Kier alpha value is -1.03. The smallest absolute Gasteiger partial charge is 0.317 e. The molecule has 0 unspecified atom stereocenters. The van der Waals surface area contributed by atoms with Crippen LogP contribution in [0.5, 0.6) is 0 Å². The van der Waals surface area contributed by atoms with Gasteiger partial charge in [-0.15, -0.1) is 11.3 Å². The van der Waals surface area contributed by atoms with Crippen LogP contribution in [0, 0.1) is 0 Å². The second kappa shape index (κ2) is 4.66. The van der Waals surface area contributed by atoms with Crippen molar-refractivity contribution in [1.82, 2.24) is 10.2 Å². The number of carbonyl (C=O) groups excluding carboxylic acids is 1. The molecule has 0 atom stereocenters. The highest BCUT2D eigenvalue weighted by molar-refractivity contribution is 7.09. The molecule has 2 amide bonds. The van der Waals surface area contributed by atoms with Crippen LogP contribution >= 0.6 is 11.3 Å². The van der Waals surface area contributed by atoms with Crippen LogP contribution in [0.15, 0.2) is 17.5 Å². The molecule has 1 N–H and O–H groups in total. The average Bonchev–Trinajstić information content (AvgIpc) is 2.63. The van der Waals surface area contributed by atoms with Gasteiger partial charge in [-0.3, -0.25) is 0 Å². The molecule has 1 fully saturated rings. The van der Waals surface area contributed by atoms with Crippen LogP contribution in [-0.2, 0) is 6.54 Å². The van der Waals surface area contributed by atoms with E-state index in [0.29, 0.717) is 12.6 Å². The van der Waals surface area contributed by atoms with Crippen LogP contribution in [0.2, 0.25) is 0 Å². The van der Waals surface area contributed by atoms with E-state index in [1.165, 1.54) is 11.3 Å². The van der Waals surface area contributed by atoms with E-state index in [0.717, 1.165) is 12.8 Å². The maximum atomic E-state index is 11.7. The Morgan fingerprint density at radius 1 is 1.67 bits per heavy atom. The standard InChI is InChI=1S/C11H16N2OS/c1-13(8-10-6-3-7-15-10)11(14)12-9-4-2-5-9/h3,6-7,9H,2,4-5,8H2,1H3,(H,12,14). The molecular formula is C11H16N2OS. The van der Waals surface area contributed by atoms with Gasteiger partial charge in [-0.1, -0.05) is 6.07 Å². The molecule has 1 aliphatic carbocycles. The fourth-order valence-electron chi connectivity index (χ4n) is 1.55. The van der Waals surface area contributed by atoms with Gasteiger partial charge >= 0.3 is 6.03 Å². The van der Waals surface area contributed by atoms with Crippen LogP contribution in [0.3, 0.4) is 0 Å². The summed E-state index contributed by atoms with van der Waals surface area (Å²) < 4.78 is 0. The molecule has 82 valence electrons. The van der Waals surface area contributed by atoms with Gasteiger partial charge in [0.1, 0.15) is 0 Å². The molecule has 4 heteroatoms. The van der Waals surface area contributed by atoms with Gasteiger partial charge in [-0.25, -0.2) is 4.79 Å². The second-order valence-corrected chi connectivity index (χ2v) is 5.04. The highest BCUT2D eigenvalue weighted by atomic mass is 32.1. The zero-order valence-corrected chi connectivity index (χ0v) is 9.72. The summed E-state index contributed by atoms with van der Waals surface area (Å²) in [7, 11) is 1.84. The van der Waals surface area contributed by atoms with Crippen LogP contribution in [-0.4, -0.2) is 24.0 Å². The van der Waals surface area contributed by atoms with E-state index in [9.17, 15) is 4.79 Å². The Labute approximate surface area is 94.1 Å². The summed E-state index contributed by atoms with van der Waals surface area (Å²) >= 11 is 1.69. The lowest BCUT2D eigenvalue weighted by Crippen LogP contribution is -2.45. The Morgan fingerprint density at radius 3 is 3.00 bits per heavy atom. The molecule has 0 spiro atoms. The molecule has 0 saturated heterocycles. The summed E-state index contributed by atoms with van der Waals surface area (Å²) in [6, 6.07) is 4.53. The number of amides is 2. The molecule has 3 nitrogen and oxygen atoms in total. The number of hydrogen-bond donors (Lipinski definition) is 1. The Bertz CT molecular complexity index is 319. The van der Waals surface area contributed by atoms with Crippen LogP contribution in [0.25, 0.3) is 0 Å². The van der Waals surface area contributed by atoms with E-state index in [1.807, 2.05) is 18.5 Å². The second-order valence-electron chi connectivity index (χ2n) is 4.01. The predicted octanol–water partition coefficient (Wildman–Crippen LogP) is 2.44. The molecule has 2 rings (SSSR count). The summed E-state index contributed by atoms with van der Waals surface area (Å²) in [4.78, 5) is 14.7. The maximum Gasteiger partial charge on any atom is 0.317 e. The topological polar surface area (TPSA) is 32.3 Å². The minimum absolute atomic E-state index is 0.0492. The fourth-order valence-corrected chi connectivity index (χ4v) is 2.30. The van der Waals surface area contributed by atoms with Gasteiger partial charge in [0.25, 0.3) is 0 Å². The first-order valence-electron chi connectivity index (χ1n) is 5.30. The first kappa shape index (κ1) is 10.5. The number of thiophene rings is 1. The molecule has 0 radical (unpaired) electrons. The van der Waals surface area contributed by atoms with Crippen molar-refractivity contribution in [3.05, 3.63) is 22.4 Å². The number of hydrogen-bond acceptors (Lipinski definition) is 2. The molecule has 1 aromatic rings. The zero-order chi connectivity index (χ0) is 10.7. The van der Waals surface area contributed by atoms with Crippen molar-refractivity contribution in [3.63, 3.8) is 0 Å². The SMILES string of the molecule is CN(Cc1cccs1)C(=O)NC1CCC1. The van der Waals surface area contributed by atoms with E-state index < -0.39 is 0 Å². The lowest BCUT2D eigenvalue weighted by atomic mass is 9.93. The maximum absolute atomic E-state index is 11.7. The number of nitrogens with one attached hydrogen (secondary N) is 1. The van der Waals surface area contributed by atoms with Crippen molar-refractivity contribution in [1.29, 1.82) is 0 Å². The van der Waals surface area contributed by atoms with E-state index in [4.69, 9.17) is 0 Å². The third-order valence-corrected chi connectivity index (χ3v) is 3.61. The largest absolute Gasteiger partial charge is 0.335 e. The number of rotatable bonds is 3. The van der Waals surface area contributed by atoms with E-state index in [-0.39, 0.29) is 6.03 Å². The molecule has 0 aromatic carbocycles. The van der Waals surface area contributed by atoms with Crippen molar-refractivity contribution < 1.29 is 4.79 Å². The van der Waals surface area contributed by atoms with Gasteiger partial charge in [0, 0.05) is 18.0 Å². The third-order valence-electron chi connectivity index (χ3n) is 2.75. The first-order chi connectivity index (χ1) is 7.25. The van der Waals surface area contributed by atoms with Crippen LogP contribution in [0.4, 0.5) is 4.79 Å². The van der Waals surface area contributed by atoms with Gasteiger partial charge in [-0.2, -0.15) is 0 Å². The summed E-state index contributed by atoms with van der Waals surface area (Å²) in [5.74, 6) is 0. The van der Waals surface area contributed by atoms with E-state index in [2.05, 4.69) is 11.4 Å². The molecular weight excluding hydrogens is 208 g/mol. The van der Waals surface area contributed by atoms with Crippen molar-refractivity contribution in [2.75, 3.05) is 7.05 Å². The third kappa shape index (κ3) is 2.72. The van der Waals surface area contributed by atoms with Gasteiger partial charge in [-0.05, 0) is 30.7 Å². The van der Waals surface area contributed by atoms with Gasteiger partial charge in [0.2, 0.25) is 0 Å². The minimum Gasteiger partial charge on any atom is -0.335 e. The summed E-state index contributed by atoms with van der Waals surface area (Å²) in [5, 5.41) is 5.05. The Kier molecular flexibility index (Phi) is 3.26. The molecule has 1 heterocycles. The quantitative estimate of drug-likeness (QED) is 0.840. The Morgan fingerprint density at radius 2 is 2.47 bits per heavy atom. The zero-order valence-electron chi connectivity index (χ0n) is 8.90. The molecule has 1 aromatic heterocycles. The van der Waals surface area contributed by atoms with Crippen LogP contribution < -0.4 is 5.32 Å². The van der Waals surface area contributed by atoms with Gasteiger partial charge in [0.05, 0.1) is 6.54 Å². The summed E-state index contributed by atoms with van der Waals surface area (Å²) in [5.41, 5.74) is 0. The molecule has 1 aliphatic rings. The normalized spacial score (nSPS) is 15.8. The summed E-state index contributed by atoms with van der Waals surface area (Å²) in [6.07, 6.45) is 3.52. The van der Waals surface area contributed by atoms with Crippen molar-refractivity contribution in [2.24, 2.45) is 0 Å². The highest BCUT2D eigenvalue weighted by Crippen LogP contribution is 2.18. The van der Waals surface area contributed by atoms with Crippen molar-refractivity contribution in [2.45, 2.75) is 31.8 Å². The number of nitrogens with zero attached hydrogens (tertiary/aromatic N) is 1. The van der Waals surface area contributed by atoms with Gasteiger partial charge in [0.15, 0.2) is 0 Å². The lowest BCUT2D eigenvalue weighted by Gasteiger charge is -2.28. The average molecular weight is 224 g/mol. The molecule has 1 saturated carbocycles. The van der Waals surface area contributed by atoms with Crippen molar-refractivity contribution in [3.8, 4) is 0 Å². The first-order valence-corrected chi connectivity index (χ1v) is 6.17. The fraction of sp³-hybridized carbons (Fsp3) is 0.545. The molecule has 0 aliphatic heterocycles. The predicted molar refractivity (Wildman–Crippen MR) is 62.0 cm³/mol. The minimum atomic E-state index is 0.0492. The summed E-state index contributed by atoms with van der Waals surface area (Å²) in [6.45, 7) is 0.705. The number of carbonyl (C=O) groups is 1. The van der Waals surface area contributed by atoms with E-state index >= 15 is 0 Å². The molecule has 0 bridgehead atoms. The highest BCUT2D eigenvalue weighted by Gasteiger charge is 2.21. The van der Waals surface area contributed by atoms with Crippen LogP contribution in [0.1, 0.15) is 24.1 Å². The van der Waals surface area contributed by atoms with Crippen molar-refractivity contribution >= 4 is 17.4 Å². The monoisotopic (exact) mass is 224 g/mol. The molecule has 15 heavy (non-hydrogen) atoms. The van der Waals surface area contributed by atoms with Gasteiger partial charge < -0.3 is 10.2 Å². The number of urea groups is 1. The Balaban J connectivity index is 1.79. The lowest BCUT2D eigenvalue weighted by molar-refractivity contribution is 0.195. The van der Waals surface area contributed by atoms with E-state index in [1.54, 1.807) is 16.2 Å².